The Labute approximate surface area is 153 Å². The van der Waals surface area contributed by atoms with Crippen LogP contribution in [0.15, 0.2) is 34.4 Å². The van der Waals surface area contributed by atoms with Crippen LogP contribution in [0.1, 0.15) is 47.5 Å². The molecule has 3 aliphatic rings. The Bertz CT molecular complexity index is 756. The molecule has 0 amide bonds. The third-order valence-electron chi connectivity index (χ3n) is 6.13. The summed E-state index contributed by atoms with van der Waals surface area (Å²) in [6.07, 6.45) is 2.45. The molecule has 0 radical (unpaired) electrons. The highest BCUT2D eigenvalue weighted by molar-refractivity contribution is 5.92. The zero-order valence-electron chi connectivity index (χ0n) is 15.8. The fourth-order valence-electron chi connectivity index (χ4n) is 4.41. The molecule has 5 unspecified atom stereocenters. The molecule has 0 aromatic heterocycles. The number of aliphatic hydroxyl groups excluding tert-OH is 1. The Hall–Kier alpha value is -1.92. The largest absolute Gasteiger partial charge is 0.459 e. The predicted octanol–water partition coefficient (Wildman–Crippen LogP) is 2.16. The smallest absolute Gasteiger partial charge is 0.336 e. The van der Waals surface area contributed by atoms with Gasteiger partial charge in [0.1, 0.15) is 6.10 Å². The maximum Gasteiger partial charge on any atom is 0.336 e. The molecule has 1 heterocycles. The molecule has 2 N–H and O–H groups in total. The van der Waals surface area contributed by atoms with Gasteiger partial charge in [0.15, 0.2) is 0 Å². The third kappa shape index (κ3) is 2.63. The van der Waals surface area contributed by atoms with Gasteiger partial charge in [0.05, 0.1) is 6.10 Å². The lowest BCUT2D eigenvalue weighted by Gasteiger charge is -2.53. The van der Waals surface area contributed by atoms with Crippen LogP contribution in [0, 0.1) is 11.3 Å². The molecular weight excluding hydrogens is 336 g/mol. The van der Waals surface area contributed by atoms with Crippen molar-refractivity contribution in [2.75, 3.05) is 0 Å². The number of allylic oxidation sites excluding steroid dienone is 1. The van der Waals surface area contributed by atoms with Gasteiger partial charge in [-0.3, -0.25) is 0 Å². The van der Waals surface area contributed by atoms with Crippen molar-refractivity contribution in [3.8, 4) is 0 Å². The highest BCUT2D eigenvalue weighted by atomic mass is 16.7. The van der Waals surface area contributed by atoms with Gasteiger partial charge in [-0.25, -0.2) is 9.59 Å². The van der Waals surface area contributed by atoms with Gasteiger partial charge in [-0.1, -0.05) is 31.1 Å². The van der Waals surface area contributed by atoms with Crippen LogP contribution in [-0.2, 0) is 19.1 Å². The SMILES string of the molecule is CC(C)=CC(=O)OC1CC=C2CC3(O)OC(=O)C(C)=C3C(O)C2(C)C1C. The fraction of sp³-hybridized carbons (Fsp3) is 0.600. The third-order valence-corrected chi connectivity index (χ3v) is 6.13. The van der Waals surface area contributed by atoms with Crippen LogP contribution in [0.2, 0.25) is 0 Å². The lowest BCUT2D eigenvalue weighted by atomic mass is 9.56. The second-order valence-corrected chi connectivity index (χ2v) is 8.03. The van der Waals surface area contributed by atoms with Crippen LogP contribution in [0.25, 0.3) is 0 Å². The van der Waals surface area contributed by atoms with E-state index in [1.165, 1.54) is 6.08 Å². The Morgan fingerprint density at radius 2 is 2.08 bits per heavy atom. The molecule has 3 rings (SSSR count). The molecule has 2 aliphatic carbocycles. The van der Waals surface area contributed by atoms with Crippen LogP contribution in [0.5, 0.6) is 0 Å². The normalized spacial score (nSPS) is 38.8. The molecule has 0 spiro atoms. The predicted molar refractivity (Wildman–Crippen MR) is 93.6 cm³/mol. The van der Waals surface area contributed by atoms with E-state index in [0.717, 1.165) is 11.1 Å². The number of carbonyl (C=O) groups is 2. The molecule has 1 aliphatic heterocycles. The summed E-state index contributed by atoms with van der Waals surface area (Å²) < 4.78 is 10.8. The summed E-state index contributed by atoms with van der Waals surface area (Å²) in [4.78, 5) is 24.0. The van der Waals surface area contributed by atoms with Crippen molar-refractivity contribution >= 4 is 11.9 Å². The average molecular weight is 362 g/mol. The number of aliphatic hydroxyl groups is 2. The Balaban J connectivity index is 1.97. The van der Waals surface area contributed by atoms with E-state index in [1.807, 2.05) is 33.8 Å². The first-order chi connectivity index (χ1) is 12.0. The van der Waals surface area contributed by atoms with Crippen LogP contribution < -0.4 is 0 Å². The average Bonchev–Trinajstić information content (AvgIpc) is 2.75. The topological polar surface area (TPSA) is 93.1 Å². The van der Waals surface area contributed by atoms with E-state index in [2.05, 4.69) is 0 Å². The zero-order valence-corrected chi connectivity index (χ0v) is 15.8. The van der Waals surface area contributed by atoms with E-state index in [4.69, 9.17) is 9.47 Å². The molecule has 0 saturated heterocycles. The minimum atomic E-state index is -1.78. The zero-order chi connectivity index (χ0) is 19.4. The number of hydrogen-bond acceptors (Lipinski definition) is 6. The molecule has 0 aromatic carbocycles. The summed E-state index contributed by atoms with van der Waals surface area (Å²) in [5, 5.41) is 21.9. The Morgan fingerprint density at radius 1 is 1.42 bits per heavy atom. The summed E-state index contributed by atoms with van der Waals surface area (Å²) in [6, 6.07) is 0. The van der Waals surface area contributed by atoms with E-state index in [9.17, 15) is 19.8 Å². The highest BCUT2D eigenvalue weighted by Gasteiger charge is 2.61. The molecule has 6 heteroatoms. The van der Waals surface area contributed by atoms with Crippen molar-refractivity contribution in [1.82, 2.24) is 0 Å². The van der Waals surface area contributed by atoms with Crippen molar-refractivity contribution in [3.05, 3.63) is 34.4 Å². The van der Waals surface area contributed by atoms with Crippen molar-refractivity contribution < 1.29 is 29.3 Å². The molecule has 1 saturated carbocycles. The van der Waals surface area contributed by atoms with E-state index in [-0.39, 0.29) is 23.5 Å². The second kappa shape index (κ2) is 6.06. The molecule has 0 aromatic rings. The molecule has 26 heavy (non-hydrogen) atoms. The van der Waals surface area contributed by atoms with Crippen LogP contribution in [-0.4, -0.2) is 40.1 Å². The summed E-state index contributed by atoms with van der Waals surface area (Å²) in [5.41, 5.74) is 1.39. The van der Waals surface area contributed by atoms with E-state index in [0.29, 0.717) is 6.42 Å². The summed E-state index contributed by atoms with van der Waals surface area (Å²) in [6.45, 7) is 9.01. The number of rotatable bonds is 2. The first-order valence-electron chi connectivity index (χ1n) is 8.90. The molecule has 6 nitrogen and oxygen atoms in total. The molecule has 1 fully saturated rings. The molecule has 5 atom stereocenters. The van der Waals surface area contributed by atoms with Gasteiger partial charge >= 0.3 is 11.9 Å². The van der Waals surface area contributed by atoms with E-state index < -0.39 is 35.3 Å². The summed E-state index contributed by atoms with van der Waals surface area (Å²) >= 11 is 0. The first-order valence-corrected chi connectivity index (χ1v) is 8.90. The fourth-order valence-corrected chi connectivity index (χ4v) is 4.41. The second-order valence-electron chi connectivity index (χ2n) is 8.03. The van der Waals surface area contributed by atoms with Crippen molar-refractivity contribution in [2.24, 2.45) is 11.3 Å². The quantitative estimate of drug-likeness (QED) is 0.444. The standard InChI is InChI=1S/C20H26O6/c1-10(2)8-15(21)25-14-7-6-13-9-20(24)16(11(3)18(23)26-20)17(22)19(13,5)12(14)4/h6,8,12,14,17,22,24H,7,9H2,1-5H3. The number of ether oxygens (including phenoxy) is 2. The highest BCUT2D eigenvalue weighted by Crippen LogP contribution is 2.57. The maximum absolute atomic E-state index is 12.0. The minimum absolute atomic E-state index is 0.123. The summed E-state index contributed by atoms with van der Waals surface area (Å²) in [5.74, 6) is -2.99. The van der Waals surface area contributed by atoms with Gasteiger partial charge in [0.2, 0.25) is 5.79 Å². The lowest BCUT2D eigenvalue weighted by molar-refractivity contribution is -0.197. The van der Waals surface area contributed by atoms with Gasteiger partial charge in [-0.05, 0) is 20.8 Å². The lowest BCUT2D eigenvalue weighted by Crippen LogP contribution is -2.56. The van der Waals surface area contributed by atoms with Gasteiger partial charge < -0.3 is 19.7 Å². The molecule has 0 bridgehead atoms. The van der Waals surface area contributed by atoms with E-state index >= 15 is 0 Å². The van der Waals surface area contributed by atoms with Crippen molar-refractivity contribution in [1.29, 1.82) is 0 Å². The monoisotopic (exact) mass is 362 g/mol. The number of fused-ring (bicyclic) bond motifs is 2. The Morgan fingerprint density at radius 3 is 2.69 bits per heavy atom. The van der Waals surface area contributed by atoms with Crippen molar-refractivity contribution in [3.63, 3.8) is 0 Å². The number of carbonyl (C=O) groups excluding carboxylic acids is 2. The minimum Gasteiger partial charge on any atom is -0.459 e. The van der Waals surface area contributed by atoms with Crippen molar-refractivity contribution in [2.45, 2.75) is 65.5 Å². The summed E-state index contributed by atoms with van der Waals surface area (Å²) in [7, 11) is 0. The van der Waals surface area contributed by atoms with Gasteiger partial charge in [-0.2, -0.15) is 0 Å². The van der Waals surface area contributed by atoms with Crippen LogP contribution >= 0.6 is 0 Å². The molecule has 142 valence electrons. The first kappa shape index (κ1) is 18.9. The van der Waals surface area contributed by atoms with Gasteiger partial charge in [-0.15, -0.1) is 0 Å². The van der Waals surface area contributed by atoms with Crippen LogP contribution in [0.4, 0.5) is 0 Å². The Kier molecular flexibility index (Phi) is 4.40. The molecular formula is C20H26O6. The van der Waals surface area contributed by atoms with Gasteiger partial charge in [0.25, 0.3) is 0 Å². The van der Waals surface area contributed by atoms with Crippen LogP contribution in [0.3, 0.4) is 0 Å². The number of esters is 2. The number of hydrogen-bond donors (Lipinski definition) is 2. The maximum atomic E-state index is 12.0. The van der Waals surface area contributed by atoms with Gasteiger partial charge in [0, 0.05) is 41.4 Å². The van der Waals surface area contributed by atoms with E-state index in [1.54, 1.807) is 6.92 Å².